The first-order valence-corrected chi connectivity index (χ1v) is 26.1. The van der Waals surface area contributed by atoms with Gasteiger partial charge in [0.25, 0.3) is 20.2 Å². The molecule has 5 N–H and O–H groups in total. The van der Waals surface area contributed by atoms with Crippen LogP contribution in [0.1, 0.15) is 27.7 Å². The van der Waals surface area contributed by atoms with Crippen LogP contribution in [0.2, 0.25) is 10.0 Å². The Labute approximate surface area is 400 Å². The van der Waals surface area contributed by atoms with Crippen LogP contribution in [-0.4, -0.2) is 94.5 Å². The summed E-state index contributed by atoms with van der Waals surface area (Å²) in [4.78, 5) is 26.1. The van der Waals surface area contributed by atoms with Crippen LogP contribution in [0.4, 0.5) is 56.3 Å². The van der Waals surface area contributed by atoms with Crippen molar-refractivity contribution in [2.24, 2.45) is 20.5 Å². The summed E-state index contributed by atoms with van der Waals surface area (Å²) in [6, 6.07) is 16.2. The highest BCUT2D eigenvalue weighted by atomic mass is 35.5. The molecule has 0 aliphatic heterocycles. The Balaban J connectivity index is 1.26. The molecule has 66 heavy (non-hydrogen) atoms. The minimum absolute atomic E-state index is 0.119. The van der Waals surface area contributed by atoms with Crippen LogP contribution >= 0.6 is 57.6 Å². The fourth-order valence-corrected chi connectivity index (χ4v) is 10.8. The summed E-state index contributed by atoms with van der Waals surface area (Å²) in [7, 11) is -9.18. The van der Waals surface area contributed by atoms with Crippen molar-refractivity contribution in [2.75, 3.05) is 59.0 Å². The SMILES string of the molecule is CCN(CC)c1ccc(/N=N/c2nc3cc(S(=O)(=O)O)c(Cl)cc3s2)c(Nc2nc(Nc3cc(N(CC)CC)ccc3/N=N/c3nc4cc(S(=O)(=O)O)c(Cl)cc4s3)nc(SCCO)n2)c1. The highest BCUT2D eigenvalue weighted by Crippen LogP contribution is 2.40. The van der Waals surface area contributed by atoms with Crippen molar-refractivity contribution in [1.82, 2.24) is 24.9 Å². The number of nitrogens with zero attached hydrogens (tertiary/aromatic N) is 11. The molecular formula is C39H39Cl2N13O7S5. The minimum atomic E-state index is -4.59. The molecule has 0 atom stereocenters. The number of aliphatic hydroxyl groups is 1. The molecular weight excluding hydrogens is 994 g/mol. The highest BCUT2D eigenvalue weighted by Gasteiger charge is 2.20. The third-order valence-electron chi connectivity index (χ3n) is 9.55. The lowest BCUT2D eigenvalue weighted by Crippen LogP contribution is -2.21. The van der Waals surface area contributed by atoms with Gasteiger partial charge in [-0.1, -0.05) is 57.6 Å². The van der Waals surface area contributed by atoms with Crippen LogP contribution in [0, 0.1) is 0 Å². The van der Waals surface area contributed by atoms with Gasteiger partial charge < -0.3 is 25.5 Å². The molecule has 3 heterocycles. The van der Waals surface area contributed by atoms with E-state index in [1.54, 1.807) is 12.1 Å². The molecule has 346 valence electrons. The average molecular weight is 1030 g/mol. The molecule has 0 spiro atoms. The van der Waals surface area contributed by atoms with Gasteiger partial charge in [-0.25, -0.2) is 9.97 Å². The Morgan fingerprint density at radius 2 is 1.05 bits per heavy atom. The second kappa shape index (κ2) is 20.7. The van der Waals surface area contributed by atoms with E-state index in [2.05, 4.69) is 60.8 Å². The second-order valence-corrected chi connectivity index (χ2v) is 20.4. The molecule has 0 saturated heterocycles. The summed E-state index contributed by atoms with van der Waals surface area (Å²) in [5.74, 6) is 0.525. The van der Waals surface area contributed by atoms with E-state index in [0.717, 1.165) is 34.0 Å². The predicted octanol–water partition coefficient (Wildman–Crippen LogP) is 11.0. The van der Waals surface area contributed by atoms with Gasteiger partial charge in [-0.05, 0) is 88.4 Å². The molecule has 3 aromatic heterocycles. The maximum Gasteiger partial charge on any atom is 0.296 e. The second-order valence-electron chi connectivity index (χ2n) is 13.7. The lowest BCUT2D eigenvalue weighted by molar-refractivity contribution is 0.322. The molecule has 0 bridgehead atoms. The lowest BCUT2D eigenvalue weighted by Gasteiger charge is -2.22. The van der Waals surface area contributed by atoms with E-state index >= 15 is 0 Å². The topological polar surface area (TPSA) is 273 Å². The molecule has 4 aromatic carbocycles. The number of rotatable bonds is 19. The maximum absolute atomic E-state index is 11.9. The van der Waals surface area contributed by atoms with Crippen LogP contribution in [-0.2, 0) is 20.2 Å². The largest absolute Gasteiger partial charge is 0.396 e. The Kier molecular flexibility index (Phi) is 15.3. The van der Waals surface area contributed by atoms with Gasteiger partial charge in [-0.3, -0.25) is 9.11 Å². The van der Waals surface area contributed by atoms with E-state index in [-0.39, 0.29) is 60.8 Å². The third-order valence-corrected chi connectivity index (χ3v) is 14.8. The van der Waals surface area contributed by atoms with Crippen LogP contribution < -0.4 is 20.4 Å². The van der Waals surface area contributed by atoms with E-state index in [1.165, 1.54) is 36.0 Å². The van der Waals surface area contributed by atoms with Crippen molar-refractivity contribution in [3.63, 3.8) is 0 Å². The number of hydrogen-bond acceptors (Lipinski definition) is 21. The van der Waals surface area contributed by atoms with Crippen molar-refractivity contribution in [3.8, 4) is 0 Å². The molecule has 7 rings (SSSR count). The number of thiazole rings is 2. The van der Waals surface area contributed by atoms with E-state index in [9.17, 15) is 31.0 Å². The normalized spacial score (nSPS) is 12.3. The van der Waals surface area contributed by atoms with Gasteiger partial charge in [-0.15, -0.1) is 20.5 Å². The van der Waals surface area contributed by atoms with Gasteiger partial charge in [0.2, 0.25) is 22.2 Å². The molecule has 0 saturated carbocycles. The van der Waals surface area contributed by atoms with Gasteiger partial charge in [0.15, 0.2) is 5.16 Å². The number of hydrogen-bond donors (Lipinski definition) is 5. The number of thioether (sulfide) groups is 1. The molecule has 0 radical (unpaired) electrons. The molecule has 0 amide bonds. The number of aromatic nitrogens is 5. The van der Waals surface area contributed by atoms with E-state index in [0.29, 0.717) is 58.3 Å². The fraction of sp³-hybridized carbons (Fsp3) is 0.256. The average Bonchev–Trinajstić information content (AvgIpc) is 3.87. The first kappa shape index (κ1) is 48.7. The smallest absolute Gasteiger partial charge is 0.296 e. The molecule has 0 unspecified atom stereocenters. The predicted molar refractivity (Wildman–Crippen MR) is 261 cm³/mol. The molecule has 0 aliphatic carbocycles. The van der Waals surface area contributed by atoms with Crippen molar-refractivity contribution in [3.05, 3.63) is 70.7 Å². The summed E-state index contributed by atoms with van der Waals surface area (Å²) >= 11 is 15.7. The first-order chi connectivity index (χ1) is 31.5. The summed E-state index contributed by atoms with van der Waals surface area (Å²) in [5, 5.41) is 34.4. The van der Waals surface area contributed by atoms with E-state index in [1.807, 2.05) is 52.0 Å². The number of nitrogens with one attached hydrogen (secondary N) is 2. The third kappa shape index (κ3) is 11.5. The molecule has 20 nitrogen and oxygen atoms in total. The zero-order valence-corrected chi connectivity index (χ0v) is 40.8. The number of benzene rings is 4. The van der Waals surface area contributed by atoms with Crippen molar-refractivity contribution in [1.29, 1.82) is 0 Å². The Bertz CT molecular complexity index is 3020. The number of azo groups is 2. The number of fused-ring (bicyclic) bond motifs is 2. The summed E-state index contributed by atoms with van der Waals surface area (Å²) < 4.78 is 67.7. The quantitative estimate of drug-likeness (QED) is 0.0286. The lowest BCUT2D eigenvalue weighted by atomic mass is 10.2. The van der Waals surface area contributed by atoms with Crippen LogP contribution in [0.25, 0.3) is 20.4 Å². The molecule has 0 aliphatic rings. The fourth-order valence-electron chi connectivity index (χ4n) is 6.41. The molecule has 0 fully saturated rings. The molecule has 27 heteroatoms. The van der Waals surface area contributed by atoms with Crippen molar-refractivity contribution < 1.29 is 31.0 Å². The Hall–Kier alpha value is -5.22. The highest BCUT2D eigenvalue weighted by molar-refractivity contribution is 7.99. The first-order valence-electron chi connectivity index (χ1n) is 19.8. The summed E-state index contributed by atoms with van der Waals surface area (Å²) in [6.45, 7) is 10.9. The molecule has 7 aromatic rings. The standard InChI is InChI=1S/C39H39Cl2N13O7S5/c1-5-53(6-2)21-9-11-25(49-51-38-44-29-19-33(65(56,57)58)23(40)17-31(29)63-38)27(15-21)42-35-46-36(48-37(47-35)62-14-13-55)43-28-16-22(54(7-3)8-4)10-12-26(28)50-52-39-45-30-20-34(66(59,60)61)24(41)18-32(30)64-39/h9-12,15-20,55H,5-8,13-14H2,1-4H3,(H,56,57,58)(H,59,60,61)(H2,42,43,46,47,48)/b51-49+,52-50+. The van der Waals surface area contributed by atoms with Crippen molar-refractivity contribution >= 4 is 155 Å². The number of aliphatic hydroxyl groups excluding tert-OH is 1. The number of halogens is 2. The van der Waals surface area contributed by atoms with Crippen LogP contribution in [0.5, 0.6) is 0 Å². The Morgan fingerprint density at radius 1 is 0.621 bits per heavy atom. The van der Waals surface area contributed by atoms with Crippen LogP contribution in [0.3, 0.4) is 0 Å². The van der Waals surface area contributed by atoms with Crippen molar-refractivity contribution in [2.45, 2.75) is 42.6 Å². The zero-order valence-electron chi connectivity index (χ0n) is 35.2. The number of anilines is 6. The monoisotopic (exact) mass is 1030 g/mol. The summed E-state index contributed by atoms with van der Waals surface area (Å²) in [5.41, 5.74) is 3.94. The zero-order chi connectivity index (χ0) is 47.3. The van der Waals surface area contributed by atoms with E-state index < -0.39 is 30.0 Å². The Morgan fingerprint density at radius 3 is 1.42 bits per heavy atom. The van der Waals surface area contributed by atoms with E-state index in [4.69, 9.17) is 28.2 Å². The summed E-state index contributed by atoms with van der Waals surface area (Å²) in [6.07, 6.45) is 0. The van der Waals surface area contributed by atoms with Crippen LogP contribution in [0.15, 0.2) is 96.1 Å². The van der Waals surface area contributed by atoms with Gasteiger partial charge >= 0.3 is 0 Å². The maximum atomic E-state index is 11.9. The van der Waals surface area contributed by atoms with Gasteiger partial charge in [-0.2, -0.15) is 31.8 Å². The van der Waals surface area contributed by atoms with Gasteiger partial charge in [0.05, 0.1) is 48.5 Å². The van der Waals surface area contributed by atoms with Gasteiger partial charge in [0.1, 0.15) is 21.2 Å². The van der Waals surface area contributed by atoms with Gasteiger partial charge in [0, 0.05) is 43.3 Å². The minimum Gasteiger partial charge on any atom is -0.396 e.